The van der Waals surface area contributed by atoms with Crippen molar-refractivity contribution in [2.24, 2.45) is 0 Å². The monoisotopic (exact) mass is 279 g/mol. The van der Waals surface area contributed by atoms with Gasteiger partial charge in [0.25, 0.3) is 5.91 Å². The van der Waals surface area contributed by atoms with Gasteiger partial charge >= 0.3 is 5.69 Å². The lowest BCUT2D eigenvalue weighted by atomic mass is 10.1. The molecule has 0 radical (unpaired) electrons. The van der Waals surface area contributed by atoms with Gasteiger partial charge in [0.05, 0.1) is 18.1 Å². The number of nitro benzene ring substituents is 1. The summed E-state index contributed by atoms with van der Waals surface area (Å²) < 4.78 is 5.19. The van der Waals surface area contributed by atoms with E-state index >= 15 is 0 Å². The van der Waals surface area contributed by atoms with Gasteiger partial charge in [-0.1, -0.05) is 6.07 Å². The molecule has 0 unspecified atom stereocenters. The zero-order chi connectivity index (χ0) is 14.5. The van der Waals surface area contributed by atoms with E-state index < -0.39 is 4.92 Å². The summed E-state index contributed by atoms with van der Waals surface area (Å²) in [6.07, 6.45) is 0. The van der Waals surface area contributed by atoms with Crippen LogP contribution >= 0.6 is 0 Å². The van der Waals surface area contributed by atoms with E-state index in [0.717, 1.165) is 0 Å². The van der Waals surface area contributed by atoms with Crippen molar-refractivity contribution >= 4 is 17.3 Å². The number of nitrogens with zero attached hydrogens (tertiary/aromatic N) is 2. The third-order valence-electron chi connectivity index (χ3n) is 3.11. The average Bonchev–Trinajstić information content (AvgIpc) is 2.47. The minimum absolute atomic E-state index is 0.121. The highest BCUT2D eigenvalue weighted by atomic mass is 16.6. The molecule has 20 heavy (non-hydrogen) atoms. The maximum absolute atomic E-state index is 12.4. The largest absolute Gasteiger partial charge is 0.380 e. The second-order valence-corrected chi connectivity index (χ2v) is 4.39. The number of carbonyl (C=O) groups excluding carboxylic acids is 1. The van der Waals surface area contributed by atoms with Gasteiger partial charge in [0.1, 0.15) is 11.3 Å². The fraction of sp³-hybridized carbons (Fsp3) is 0.462. The van der Waals surface area contributed by atoms with Crippen LogP contribution in [0, 0.1) is 10.1 Å². The lowest BCUT2D eigenvalue weighted by Crippen LogP contribution is -2.40. The van der Waals surface area contributed by atoms with Gasteiger partial charge in [-0.25, -0.2) is 0 Å². The van der Waals surface area contributed by atoms with Crippen molar-refractivity contribution < 1.29 is 14.5 Å². The van der Waals surface area contributed by atoms with Crippen LogP contribution in [0.2, 0.25) is 0 Å². The maximum atomic E-state index is 12.4. The number of ether oxygens (including phenoxy) is 1. The van der Waals surface area contributed by atoms with Crippen LogP contribution in [0.5, 0.6) is 0 Å². The first kappa shape index (κ1) is 14.3. The normalized spacial score (nSPS) is 14.9. The molecule has 1 amide bonds. The molecule has 1 fully saturated rings. The minimum Gasteiger partial charge on any atom is -0.380 e. The summed E-state index contributed by atoms with van der Waals surface area (Å²) in [5.41, 5.74) is 0.331. The van der Waals surface area contributed by atoms with Crippen LogP contribution in [-0.2, 0) is 4.74 Å². The van der Waals surface area contributed by atoms with Crippen molar-refractivity contribution in [2.45, 2.75) is 6.92 Å². The van der Waals surface area contributed by atoms with Gasteiger partial charge in [-0.05, 0) is 19.1 Å². The number of nitro groups is 1. The number of morpholine rings is 1. The van der Waals surface area contributed by atoms with E-state index in [2.05, 4.69) is 5.32 Å². The number of para-hydroxylation sites is 1. The number of benzene rings is 1. The molecule has 0 spiro atoms. The first-order chi connectivity index (χ1) is 9.65. The zero-order valence-corrected chi connectivity index (χ0v) is 11.3. The third kappa shape index (κ3) is 2.88. The predicted molar refractivity (Wildman–Crippen MR) is 74.0 cm³/mol. The van der Waals surface area contributed by atoms with E-state index in [-0.39, 0.29) is 17.2 Å². The molecular formula is C13H17N3O4. The second kappa shape index (κ2) is 6.33. The second-order valence-electron chi connectivity index (χ2n) is 4.39. The quantitative estimate of drug-likeness (QED) is 0.667. The van der Waals surface area contributed by atoms with Gasteiger partial charge in [-0.15, -0.1) is 0 Å². The molecule has 0 bridgehead atoms. The number of hydrogen-bond donors (Lipinski definition) is 1. The third-order valence-corrected chi connectivity index (χ3v) is 3.11. The summed E-state index contributed by atoms with van der Waals surface area (Å²) in [6, 6.07) is 4.76. The summed E-state index contributed by atoms with van der Waals surface area (Å²) >= 11 is 0. The Labute approximate surface area is 116 Å². The van der Waals surface area contributed by atoms with E-state index in [9.17, 15) is 14.9 Å². The van der Waals surface area contributed by atoms with Crippen LogP contribution in [0.1, 0.15) is 17.3 Å². The minimum atomic E-state index is -0.508. The number of rotatable bonds is 4. The van der Waals surface area contributed by atoms with E-state index in [1.165, 1.54) is 6.07 Å². The van der Waals surface area contributed by atoms with Gasteiger partial charge in [0.15, 0.2) is 0 Å². The van der Waals surface area contributed by atoms with Crippen molar-refractivity contribution in [3.8, 4) is 0 Å². The van der Waals surface area contributed by atoms with E-state index in [1.807, 2.05) is 6.92 Å². The van der Waals surface area contributed by atoms with Crippen molar-refractivity contribution in [3.63, 3.8) is 0 Å². The van der Waals surface area contributed by atoms with Gasteiger partial charge < -0.3 is 15.0 Å². The Morgan fingerprint density at radius 3 is 2.75 bits per heavy atom. The molecule has 0 aliphatic carbocycles. The highest BCUT2D eigenvalue weighted by molar-refractivity contribution is 6.00. The number of hydrogen-bond acceptors (Lipinski definition) is 5. The molecule has 0 atom stereocenters. The van der Waals surface area contributed by atoms with Gasteiger partial charge in [0, 0.05) is 19.6 Å². The number of nitrogens with one attached hydrogen (secondary N) is 1. The Bertz CT molecular complexity index is 512. The smallest absolute Gasteiger partial charge is 0.305 e. The standard InChI is InChI=1S/C13H17N3O4/c1-2-14-11-5-3-4-10(12(11)16(18)19)13(17)15-6-8-20-9-7-15/h3-5,14H,2,6-9H2,1H3. The maximum Gasteiger partial charge on any atom is 0.305 e. The van der Waals surface area contributed by atoms with Crippen LogP contribution in [0.3, 0.4) is 0 Å². The predicted octanol–water partition coefficient (Wildman–Crippen LogP) is 1.50. The lowest BCUT2D eigenvalue weighted by molar-refractivity contribution is -0.384. The van der Waals surface area contributed by atoms with E-state index in [0.29, 0.717) is 38.5 Å². The van der Waals surface area contributed by atoms with Gasteiger partial charge in [-0.3, -0.25) is 14.9 Å². The Balaban J connectivity index is 2.36. The molecule has 1 heterocycles. The molecule has 0 saturated carbocycles. The van der Waals surface area contributed by atoms with Gasteiger partial charge in [-0.2, -0.15) is 0 Å². The first-order valence-electron chi connectivity index (χ1n) is 6.53. The molecule has 7 nitrogen and oxygen atoms in total. The molecule has 1 N–H and O–H groups in total. The van der Waals surface area contributed by atoms with Crippen LogP contribution < -0.4 is 5.32 Å². The molecule has 1 aliphatic rings. The first-order valence-corrected chi connectivity index (χ1v) is 6.53. The van der Waals surface area contributed by atoms with Crippen LogP contribution in [0.4, 0.5) is 11.4 Å². The summed E-state index contributed by atoms with van der Waals surface area (Å²) in [7, 11) is 0. The highest BCUT2D eigenvalue weighted by Gasteiger charge is 2.28. The molecule has 0 aromatic heterocycles. The van der Waals surface area contributed by atoms with Crippen LogP contribution in [0.25, 0.3) is 0 Å². The van der Waals surface area contributed by atoms with Crippen molar-refractivity contribution in [3.05, 3.63) is 33.9 Å². The average molecular weight is 279 g/mol. The molecule has 1 aliphatic heterocycles. The number of anilines is 1. The van der Waals surface area contributed by atoms with Crippen molar-refractivity contribution in [2.75, 3.05) is 38.2 Å². The number of amides is 1. The summed E-state index contributed by atoms with van der Waals surface area (Å²) in [5.74, 6) is -0.320. The fourth-order valence-corrected chi connectivity index (χ4v) is 2.18. The fourth-order valence-electron chi connectivity index (χ4n) is 2.18. The molecular weight excluding hydrogens is 262 g/mol. The van der Waals surface area contributed by atoms with E-state index in [4.69, 9.17) is 4.74 Å². The van der Waals surface area contributed by atoms with Crippen LogP contribution in [-0.4, -0.2) is 48.6 Å². The number of carbonyl (C=O) groups is 1. The topological polar surface area (TPSA) is 84.7 Å². The van der Waals surface area contributed by atoms with Crippen molar-refractivity contribution in [1.29, 1.82) is 0 Å². The Morgan fingerprint density at radius 1 is 1.45 bits per heavy atom. The molecule has 7 heteroatoms. The Hall–Kier alpha value is -2.15. The highest BCUT2D eigenvalue weighted by Crippen LogP contribution is 2.29. The molecule has 1 saturated heterocycles. The SMILES string of the molecule is CCNc1cccc(C(=O)N2CCOCC2)c1[N+](=O)[O-]. The van der Waals surface area contributed by atoms with Crippen LogP contribution in [0.15, 0.2) is 18.2 Å². The molecule has 1 aromatic carbocycles. The summed E-state index contributed by atoms with van der Waals surface area (Å²) in [4.78, 5) is 24.8. The Morgan fingerprint density at radius 2 is 2.15 bits per heavy atom. The van der Waals surface area contributed by atoms with Crippen molar-refractivity contribution in [1.82, 2.24) is 4.90 Å². The molecule has 108 valence electrons. The summed E-state index contributed by atoms with van der Waals surface area (Å²) in [6.45, 7) is 4.25. The lowest BCUT2D eigenvalue weighted by Gasteiger charge is -2.26. The van der Waals surface area contributed by atoms with E-state index in [1.54, 1.807) is 17.0 Å². The van der Waals surface area contributed by atoms with Gasteiger partial charge in [0.2, 0.25) is 0 Å². The molecule has 1 aromatic rings. The summed E-state index contributed by atoms with van der Waals surface area (Å²) in [5, 5.41) is 14.2. The molecule has 2 rings (SSSR count). The Kier molecular flexibility index (Phi) is 4.52. The zero-order valence-electron chi connectivity index (χ0n) is 11.3.